The molecule has 7 nitrogen and oxygen atoms in total. The molecule has 0 spiro atoms. The summed E-state index contributed by atoms with van der Waals surface area (Å²) in [5, 5.41) is 3.75. The Kier molecular flexibility index (Phi) is 5.23. The number of benzene rings is 1. The second-order valence-electron chi connectivity index (χ2n) is 7.58. The number of nitrogens with zero attached hydrogens (tertiary/aromatic N) is 2. The van der Waals surface area contributed by atoms with Gasteiger partial charge in [0, 0.05) is 37.2 Å². The molecule has 1 atom stereocenters. The number of fused-ring (bicyclic) bond motifs is 1. The van der Waals surface area contributed by atoms with Crippen molar-refractivity contribution >= 4 is 26.8 Å². The number of hydrogen-bond donors (Lipinski definition) is 1. The number of amides is 1. The average molecular weight is 416 g/mol. The molecule has 1 N–H and O–H groups in total. The van der Waals surface area contributed by atoms with Crippen LogP contribution in [-0.4, -0.2) is 36.3 Å². The quantitative estimate of drug-likeness (QED) is 0.694. The molecule has 2 aromatic heterocycles. The fourth-order valence-corrected chi connectivity index (χ4v) is 5.40. The maximum absolute atomic E-state index is 13.2. The molecular weight excluding hydrogens is 390 g/mol. The summed E-state index contributed by atoms with van der Waals surface area (Å²) in [4.78, 5) is 12.9. The van der Waals surface area contributed by atoms with Gasteiger partial charge in [0.1, 0.15) is 11.5 Å². The van der Waals surface area contributed by atoms with Gasteiger partial charge < -0.3 is 14.3 Å². The molecular formula is C21H25N3O4S. The molecule has 8 heteroatoms. The van der Waals surface area contributed by atoms with Gasteiger partial charge in [0.25, 0.3) is 0 Å². The van der Waals surface area contributed by atoms with Crippen molar-refractivity contribution in [1.82, 2.24) is 14.2 Å². The molecule has 0 saturated carbocycles. The van der Waals surface area contributed by atoms with E-state index in [4.69, 9.17) is 4.42 Å². The van der Waals surface area contributed by atoms with Crippen LogP contribution in [0.3, 0.4) is 0 Å². The van der Waals surface area contributed by atoms with E-state index in [1.807, 2.05) is 49.0 Å². The van der Waals surface area contributed by atoms with Gasteiger partial charge in [0.15, 0.2) is 0 Å². The third kappa shape index (κ3) is 3.95. The minimum Gasteiger partial charge on any atom is -0.465 e. The van der Waals surface area contributed by atoms with Gasteiger partial charge >= 0.3 is 0 Å². The molecule has 154 valence electrons. The van der Waals surface area contributed by atoms with Crippen molar-refractivity contribution in [2.45, 2.75) is 31.2 Å². The number of sulfonamides is 1. The number of aryl methyl sites for hydroxylation is 2. The van der Waals surface area contributed by atoms with Gasteiger partial charge in [-0.25, -0.2) is 8.42 Å². The summed E-state index contributed by atoms with van der Waals surface area (Å²) in [7, 11) is -1.72. The van der Waals surface area contributed by atoms with Crippen molar-refractivity contribution in [3.8, 4) is 0 Å². The molecule has 1 amide bonds. The van der Waals surface area contributed by atoms with Crippen molar-refractivity contribution in [2.75, 3.05) is 13.1 Å². The van der Waals surface area contributed by atoms with Crippen LogP contribution >= 0.6 is 0 Å². The van der Waals surface area contributed by atoms with Crippen molar-refractivity contribution in [2.24, 2.45) is 13.0 Å². The van der Waals surface area contributed by atoms with E-state index < -0.39 is 10.0 Å². The van der Waals surface area contributed by atoms with E-state index in [9.17, 15) is 13.2 Å². The van der Waals surface area contributed by atoms with Crippen LogP contribution in [0.25, 0.3) is 10.9 Å². The van der Waals surface area contributed by atoms with Crippen LogP contribution in [0, 0.1) is 12.8 Å². The Morgan fingerprint density at radius 3 is 2.83 bits per heavy atom. The zero-order valence-electron chi connectivity index (χ0n) is 16.6. The first-order valence-electron chi connectivity index (χ1n) is 9.73. The molecule has 0 bridgehead atoms. The number of rotatable bonds is 5. The maximum atomic E-state index is 13.2. The lowest BCUT2D eigenvalue weighted by atomic mass is 9.99. The standard InChI is InChI=1S/C21H25N3O4S/c1-15-5-6-18(28-15)13-22-21(25)17-4-3-10-24(14-17)29(26,27)19-7-8-20-16(12-19)9-11-23(20)2/h5-9,11-12,17H,3-4,10,13-14H2,1-2H3,(H,22,25). The zero-order valence-corrected chi connectivity index (χ0v) is 17.4. The summed E-state index contributed by atoms with van der Waals surface area (Å²) >= 11 is 0. The molecule has 3 heterocycles. The largest absolute Gasteiger partial charge is 0.465 e. The first kappa shape index (κ1) is 19.7. The first-order valence-corrected chi connectivity index (χ1v) is 11.2. The summed E-state index contributed by atoms with van der Waals surface area (Å²) in [5.74, 6) is 0.972. The van der Waals surface area contributed by atoms with Gasteiger partial charge in [-0.15, -0.1) is 0 Å². The van der Waals surface area contributed by atoms with Crippen molar-refractivity contribution < 1.29 is 17.6 Å². The molecule has 1 aliphatic rings. The molecule has 29 heavy (non-hydrogen) atoms. The van der Waals surface area contributed by atoms with Gasteiger partial charge in [-0.05, 0) is 56.2 Å². The first-order chi connectivity index (χ1) is 13.8. The SMILES string of the molecule is Cc1ccc(CNC(=O)C2CCCN(S(=O)(=O)c3ccc4c(ccn4C)c3)C2)o1. The van der Waals surface area contributed by atoms with Crippen molar-refractivity contribution in [1.29, 1.82) is 0 Å². The van der Waals surface area contributed by atoms with Crippen molar-refractivity contribution in [3.05, 3.63) is 54.1 Å². The number of hydrogen-bond acceptors (Lipinski definition) is 4. The van der Waals surface area contributed by atoms with E-state index in [0.717, 1.165) is 16.7 Å². The van der Waals surface area contributed by atoms with Crippen LogP contribution in [0.5, 0.6) is 0 Å². The fraction of sp³-hybridized carbons (Fsp3) is 0.381. The van der Waals surface area contributed by atoms with E-state index in [-0.39, 0.29) is 23.3 Å². The van der Waals surface area contributed by atoms with E-state index in [1.165, 1.54) is 4.31 Å². The van der Waals surface area contributed by atoms with E-state index in [1.54, 1.807) is 12.1 Å². The molecule has 1 aromatic carbocycles. The van der Waals surface area contributed by atoms with Gasteiger partial charge in [0.2, 0.25) is 15.9 Å². The molecule has 0 aliphatic carbocycles. The van der Waals surface area contributed by atoms with Gasteiger partial charge in [0.05, 0.1) is 17.4 Å². The van der Waals surface area contributed by atoms with Crippen LogP contribution in [0.15, 0.2) is 51.9 Å². The number of piperidine rings is 1. The predicted molar refractivity (Wildman–Crippen MR) is 110 cm³/mol. The predicted octanol–water partition coefficient (Wildman–Crippen LogP) is 2.80. The van der Waals surface area contributed by atoms with Gasteiger partial charge in [-0.3, -0.25) is 4.79 Å². The lowest BCUT2D eigenvalue weighted by molar-refractivity contribution is -0.126. The number of aromatic nitrogens is 1. The molecule has 1 saturated heterocycles. The molecule has 4 rings (SSSR count). The third-order valence-corrected chi connectivity index (χ3v) is 7.34. The highest BCUT2D eigenvalue weighted by molar-refractivity contribution is 7.89. The fourth-order valence-electron chi connectivity index (χ4n) is 3.84. The summed E-state index contributed by atoms with van der Waals surface area (Å²) in [6.07, 6.45) is 3.24. The Balaban J connectivity index is 1.46. The van der Waals surface area contributed by atoms with Crippen LogP contribution in [-0.2, 0) is 28.4 Å². The lowest BCUT2D eigenvalue weighted by Gasteiger charge is -2.31. The number of carbonyl (C=O) groups is 1. The number of nitrogens with one attached hydrogen (secondary N) is 1. The van der Waals surface area contributed by atoms with Crippen LogP contribution < -0.4 is 5.32 Å². The highest BCUT2D eigenvalue weighted by Crippen LogP contribution is 2.26. The minimum absolute atomic E-state index is 0.141. The van der Waals surface area contributed by atoms with Gasteiger partial charge in [-0.2, -0.15) is 4.31 Å². The second kappa shape index (κ2) is 7.68. The molecule has 1 aliphatic heterocycles. The average Bonchev–Trinajstić information content (AvgIpc) is 3.31. The summed E-state index contributed by atoms with van der Waals surface area (Å²) in [5.41, 5.74) is 0.980. The monoisotopic (exact) mass is 415 g/mol. The number of furan rings is 1. The molecule has 0 radical (unpaired) electrons. The normalized spacial score (nSPS) is 18.2. The van der Waals surface area contributed by atoms with E-state index >= 15 is 0 Å². The second-order valence-corrected chi connectivity index (χ2v) is 9.52. The Morgan fingerprint density at radius 2 is 2.07 bits per heavy atom. The van der Waals surface area contributed by atoms with Gasteiger partial charge in [-0.1, -0.05) is 0 Å². The highest BCUT2D eigenvalue weighted by Gasteiger charge is 2.33. The lowest BCUT2D eigenvalue weighted by Crippen LogP contribution is -2.45. The molecule has 1 unspecified atom stereocenters. The Bertz CT molecular complexity index is 1150. The summed E-state index contributed by atoms with van der Waals surface area (Å²) < 4.78 is 35.2. The maximum Gasteiger partial charge on any atom is 0.243 e. The topological polar surface area (TPSA) is 84.5 Å². The molecule has 3 aromatic rings. The van der Waals surface area contributed by atoms with Crippen LogP contribution in [0.4, 0.5) is 0 Å². The molecule has 1 fully saturated rings. The van der Waals surface area contributed by atoms with Crippen molar-refractivity contribution in [3.63, 3.8) is 0 Å². The van der Waals surface area contributed by atoms with Crippen LogP contribution in [0.2, 0.25) is 0 Å². The van der Waals surface area contributed by atoms with E-state index in [0.29, 0.717) is 31.7 Å². The Labute approximate surface area is 170 Å². The number of carbonyl (C=O) groups excluding carboxylic acids is 1. The zero-order chi connectivity index (χ0) is 20.6. The van der Waals surface area contributed by atoms with E-state index in [2.05, 4.69) is 5.32 Å². The third-order valence-electron chi connectivity index (χ3n) is 5.48. The minimum atomic E-state index is -3.65. The Morgan fingerprint density at radius 1 is 1.24 bits per heavy atom. The Hall–Kier alpha value is -2.58. The highest BCUT2D eigenvalue weighted by atomic mass is 32.2. The summed E-state index contributed by atoms with van der Waals surface area (Å²) in [6.45, 7) is 2.77. The smallest absolute Gasteiger partial charge is 0.243 e. The van der Waals surface area contributed by atoms with Crippen LogP contribution in [0.1, 0.15) is 24.4 Å². The summed E-state index contributed by atoms with van der Waals surface area (Å²) in [6, 6.07) is 10.7.